The Morgan fingerprint density at radius 2 is 1.42 bits per heavy atom. The van der Waals surface area contributed by atoms with Crippen LogP contribution in [0.25, 0.3) is 0 Å². The van der Waals surface area contributed by atoms with E-state index in [-0.39, 0.29) is 0 Å². The maximum atomic E-state index is 2.50. The van der Waals surface area contributed by atoms with Crippen LogP contribution >= 0.6 is 0 Å². The third-order valence-corrected chi connectivity index (χ3v) is 6.62. The topological polar surface area (TPSA) is 0 Å². The Balaban J connectivity index is 1.59. The molecule has 0 aromatic heterocycles. The number of hydrogen-bond acceptors (Lipinski definition) is 0. The van der Waals surface area contributed by atoms with Crippen LogP contribution in [0.3, 0.4) is 0 Å². The molecule has 0 saturated heterocycles. The van der Waals surface area contributed by atoms with Crippen molar-refractivity contribution in [2.45, 2.75) is 79.6 Å². The maximum Gasteiger partial charge on any atom is -0.0391 e. The van der Waals surface area contributed by atoms with Crippen molar-refractivity contribution >= 4 is 0 Å². The minimum absolute atomic E-state index is 0.905. The van der Waals surface area contributed by atoms with Crippen LogP contribution in [-0.4, -0.2) is 0 Å². The van der Waals surface area contributed by atoms with Gasteiger partial charge in [-0.2, -0.15) is 0 Å². The van der Waals surface area contributed by atoms with Gasteiger partial charge in [-0.3, -0.25) is 0 Å². The summed E-state index contributed by atoms with van der Waals surface area (Å²) in [5.74, 6) is 7.08. The Kier molecular flexibility index (Phi) is 5.37. The second-order valence-electron chi connectivity index (χ2n) is 8.34. The van der Waals surface area contributed by atoms with Crippen molar-refractivity contribution in [2.24, 2.45) is 41.4 Å². The van der Waals surface area contributed by atoms with Gasteiger partial charge in [0.2, 0.25) is 0 Å². The van der Waals surface area contributed by atoms with Gasteiger partial charge in [-0.1, -0.05) is 41.0 Å². The van der Waals surface area contributed by atoms with E-state index in [9.17, 15) is 0 Å². The average molecular weight is 264 g/mol. The van der Waals surface area contributed by atoms with E-state index in [0.29, 0.717) is 0 Å². The van der Waals surface area contributed by atoms with Gasteiger partial charge in [0.05, 0.1) is 0 Å². The molecule has 2 rings (SSSR count). The summed E-state index contributed by atoms with van der Waals surface area (Å²) in [6.45, 7) is 12.2. The van der Waals surface area contributed by atoms with E-state index < -0.39 is 0 Å². The molecule has 112 valence electrons. The van der Waals surface area contributed by atoms with Crippen molar-refractivity contribution in [3.05, 3.63) is 0 Å². The van der Waals surface area contributed by atoms with Crippen molar-refractivity contribution in [3.63, 3.8) is 0 Å². The molecule has 0 nitrogen and oxygen atoms in total. The lowest BCUT2D eigenvalue weighted by Crippen LogP contribution is -2.32. The highest BCUT2D eigenvalue weighted by atomic mass is 14.4. The third-order valence-electron chi connectivity index (χ3n) is 6.62. The molecule has 0 aromatic rings. The molecule has 0 amide bonds. The van der Waals surface area contributed by atoms with Crippen molar-refractivity contribution in [2.75, 3.05) is 0 Å². The first kappa shape index (κ1) is 15.4. The summed E-state index contributed by atoms with van der Waals surface area (Å²) in [6, 6.07) is 0. The molecule has 0 spiro atoms. The van der Waals surface area contributed by atoms with Crippen LogP contribution in [0.1, 0.15) is 79.6 Å². The Hall–Kier alpha value is 0. The molecule has 0 aromatic carbocycles. The van der Waals surface area contributed by atoms with Gasteiger partial charge in [0.1, 0.15) is 0 Å². The molecule has 19 heavy (non-hydrogen) atoms. The van der Waals surface area contributed by atoms with Crippen molar-refractivity contribution < 1.29 is 0 Å². The van der Waals surface area contributed by atoms with Crippen LogP contribution in [0, 0.1) is 41.4 Å². The minimum Gasteiger partial charge on any atom is -0.0651 e. The maximum absolute atomic E-state index is 2.50. The van der Waals surface area contributed by atoms with Crippen molar-refractivity contribution in [1.82, 2.24) is 0 Å². The first-order valence-electron chi connectivity index (χ1n) is 8.99. The first-order chi connectivity index (χ1) is 8.99. The third kappa shape index (κ3) is 3.99. The predicted molar refractivity (Wildman–Crippen MR) is 85.1 cm³/mol. The van der Waals surface area contributed by atoms with E-state index in [1.54, 1.807) is 19.3 Å². The SMILES string of the molecule is CCC(C)C(C)C(C)CC1CC(CC2CC(C)C2)C1. The smallest absolute Gasteiger partial charge is 0.0391 e. The lowest BCUT2D eigenvalue weighted by Gasteiger charge is -2.43. The summed E-state index contributed by atoms with van der Waals surface area (Å²) >= 11 is 0. The van der Waals surface area contributed by atoms with Crippen LogP contribution in [0.5, 0.6) is 0 Å². The molecule has 0 heterocycles. The first-order valence-corrected chi connectivity index (χ1v) is 8.99. The molecule has 3 unspecified atom stereocenters. The van der Waals surface area contributed by atoms with Gasteiger partial charge in [-0.15, -0.1) is 0 Å². The standard InChI is InChI=1S/C19H36/c1-6-14(3)16(5)15(4)9-18-11-19(12-18)10-17-7-13(2)8-17/h13-19H,6-12H2,1-5H3. The molecule has 2 fully saturated rings. The zero-order chi connectivity index (χ0) is 14.0. The van der Waals surface area contributed by atoms with E-state index in [2.05, 4.69) is 34.6 Å². The fourth-order valence-electron chi connectivity index (χ4n) is 4.66. The average Bonchev–Trinajstić information content (AvgIpc) is 2.31. The second kappa shape index (κ2) is 6.64. The molecular weight excluding hydrogens is 228 g/mol. The molecule has 3 atom stereocenters. The second-order valence-corrected chi connectivity index (χ2v) is 8.34. The Morgan fingerprint density at radius 1 is 0.842 bits per heavy atom. The van der Waals surface area contributed by atoms with Gasteiger partial charge in [0, 0.05) is 0 Å². The van der Waals surface area contributed by atoms with E-state index in [1.165, 1.54) is 25.7 Å². The molecule has 2 aliphatic carbocycles. The highest BCUT2D eigenvalue weighted by Gasteiger charge is 2.35. The lowest BCUT2D eigenvalue weighted by atomic mass is 9.63. The fraction of sp³-hybridized carbons (Fsp3) is 1.00. The molecular formula is C19H36. The summed E-state index contributed by atoms with van der Waals surface area (Å²) in [4.78, 5) is 0. The Bertz CT molecular complexity index is 257. The molecule has 2 saturated carbocycles. The summed E-state index contributed by atoms with van der Waals surface area (Å²) in [5.41, 5.74) is 0. The molecule has 2 aliphatic rings. The molecule has 0 radical (unpaired) electrons. The Morgan fingerprint density at radius 3 is 1.95 bits per heavy atom. The zero-order valence-corrected chi connectivity index (χ0v) is 14.0. The predicted octanol–water partition coefficient (Wildman–Crippen LogP) is 6.16. The van der Waals surface area contributed by atoms with Gasteiger partial charge in [0.25, 0.3) is 0 Å². The summed E-state index contributed by atoms with van der Waals surface area (Å²) in [6.07, 6.45) is 10.6. The summed E-state index contributed by atoms with van der Waals surface area (Å²) < 4.78 is 0. The van der Waals surface area contributed by atoms with Crippen molar-refractivity contribution in [1.29, 1.82) is 0 Å². The van der Waals surface area contributed by atoms with E-state index >= 15 is 0 Å². The largest absolute Gasteiger partial charge is 0.0651 e. The van der Waals surface area contributed by atoms with Crippen LogP contribution in [-0.2, 0) is 0 Å². The zero-order valence-electron chi connectivity index (χ0n) is 14.0. The molecule has 0 bridgehead atoms. The molecule has 0 heteroatoms. The van der Waals surface area contributed by atoms with Crippen LogP contribution in [0.4, 0.5) is 0 Å². The Labute approximate surface area is 121 Å². The lowest BCUT2D eigenvalue weighted by molar-refractivity contribution is 0.0819. The van der Waals surface area contributed by atoms with Gasteiger partial charge in [-0.05, 0) is 80.0 Å². The monoisotopic (exact) mass is 264 g/mol. The summed E-state index contributed by atoms with van der Waals surface area (Å²) in [7, 11) is 0. The molecule has 0 N–H and O–H groups in total. The van der Waals surface area contributed by atoms with Crippen LogP contribution in [0.15, 0.2) is 0 Å². The quantitative estimate of drug-likeness (QED) is 0.517. The number of rotatable bonds is 7. The van der Waals surface area contributed by atoms with Crippen molar-refractivity contribution in [3.8, 4) is 0 Å². The van der Waals surface area contributed by atoms with Gasteiger partial charge >= 0.3 is 0 Å². The molecule has 0 aliphatic heterocycles. The van der Waals surface area contributed by atoms with Gasteiger partial charge in [0.15, 0.2) is 0 Å². The van der Waals surface area contributed by atoms with E-state index in [0.717, 1.165) is 41.4 Å². The van der Waals surface area contributed by atoms with Gasteiger partial charge < -0.3 is 0 Å². The van der Waals surface area contributed by atoms with E-state index in [4.69, 9.17) is 0 Å². The number of hydrogen-bond donors (Lipinski definition) is 0. The highest BCUT2D eigenvalue weighted by Crippen LogP contribution is 2.47. The van der Waals surface area contributed by atoms with E-state index in [1.807, 2.05) is 0 Å². The summed E-state index contributed by atoms with van der Waals surface area (Å²) in [5, 5.41) is 0. The van der Waals surface area contributed by atoms with Crippen LogP contribution < -0.4 is 0 Å². The minimum atomic E-state index is 0.905. The fourth-order valence-corrected chi connectivity index (χ4v) is 4.66. The normalized spacial score (nSPS) is 39.0. The van der Waals surface area contributed by atoms with Gasteiger partial charge in [-0.25, -0.2) is 0 Å². The highest BCUT2D eigenvalue weighted by molar-refractivity contribution is 4.86. The van der Waals surface area contributed by atoms with Crippen LogP contribution in [0.2, 0.25) is 0 Å².